The molecular weight excluding hydrogens is 943 g/mol. The van der Waals surface area contributed by atoms with Crippen LogP contribution in [-0.2, 0) is 64.9 Å². The van der Waals surface area contributed by atoms with Crippen molar-refractivity contribution >= 4 is 111 Å². The third-order valence-electron chi connectivity index (χ3n) is 8.02. The van der Waals surface area contributed by atoms with Crippen LogP contribution in [-0.4, -0.2) is 104 Å². The van der Waals surface area contributed by atoms with Gasteiger partial charge in [-0.15, -0.1) is 20.5 Å². The second-order valence-corrected chi connectivity index (χ2v) is 20.9. The van der Waals surface area contributed by atoms with Crippen molar-refractivity contribution in [2.45, 2.75) is 19.6 Å². The molecule has 5 rings (SSSR count). The molecule has 0 spiro atoms. The monoisotopic (exact) mass is 969 g/mol. The van der Waals surface area contributed by atoms with Crippen molar-refractivity contribution in [2.24, 2.45) is 20.5 Å². The summed E-state index contributed by atoms with van der Waals surface area (Å²) in [5, 5.41) is 28.2. The molecule has 0 bridgehead atoms. The Morgan fingerprint density at radius 1 is 0.590 bits per heavy atom. The predicted octanol–water partition coefficient (Wildman–Crippen LogP) is 4.13. The molecule has 25 nitrogen and oxygen atoms in total. The third kappa shape index (κ3) is 11.1. The van der Waals surface area contributed by atoms with Gasteiger partial charge in [0, 0.05) is 16.2 Å². The van der Waals surface area contributed by atoms with Crippen LogP contribution in [0.15, 0.2) is 107 Å². The first kappa shape index (κ1) is 46.7. The first-order valence-electron chi connectivity index (χ1n) is 15.9. The molecule has 0 atom stereocenters. The molecule has 0 saturated carbocycles. The van der Waals surface area contributed by atoms with Crippen LogP contribution in [0.4, 0.5) is 28.4 Å². The number of hydrogen-bond acceptors (Lipinski definition) is 20. The summed E-state index contributed by atoms with van der Waals surface area (Å²) in [4.78, 5) is -3.57. The lowest BCUT2D eigenvalue weighted by Crippen LogP contribution is -2.16. The Balaban J connectivity index is 1.71. The van der Waals surface area contributed by atoms with Crippen molar-refractivity contribution in [1.29, 1.82) is 0 Å². The summed E-state index contributed by atoms with van der Waals surface area (Å²) in [6.07, 6.45) is 0. The van der Waals surface area contributed by atoms with Gasteiger partial charge in [-0.1, -0.05) is 6.07 Å². The summed E-state index contributed by atoms with van der Waals surface area (Å²) in [6.45, 7) is -1.10. The minimum absolute atomic E-state index is 0.0166. The zero-order valence-corrected chi connectivity index (χ0v) is 35.0. The number of fused-ring (bicyclic) bond motifs is 2. The molecule has 0 aliphatic carbocycles. The zero-order valence-electron chi connectivity index (χ0n) is 30.1. The number of rotatable bonds is 16. The van der Waals surface area contributed by atoms with E-state index in [2.05, 4.69) is 30.0 Å². The van der Waals surface area contributed by atoms with E-state index in [-0.39, 0.29) is 32.9 Å². The minimum atomic E-state index is -5.36. The van der Waals surface area contributed by atoms with Crippen LogP contribution in [0.2, 0.25) is 0 Å². The fraction of sp³-hybridized carbons (Fsp3) is 0.133. The lowest BCUT2D eigenvalue weighted by molar-refractivity contribution is 0.284. The van der Waals surface area contributed by atoms with Gasteiger partial charge < -0.3 is 15.2 Å². The van der Waals surface area contributed by atoms with Gasteiger partial charge in [0.25, 0.3) is 40.5 Å². The van der Waals surface area contributed by atoms with E-state index in [1.54, 1.807) is 0 Å². The lowest BCUT2D eigenvalue weighted by atomic mass is 10.0. The Morgan fingerprint density at radius 2 is 1.18 bits per heavy atom. The van der Waals surface area contributed by atoms with Gasteiger partial charge in [0.2, 0.25) is 0 Å². The topological polar surface area (TPSA) is 406 Å². The summed E-state index contributed by atoms with van der Waals surface area (Å²) in [5.74, 6) is -3.38. The second-order valence-electron chi connectivity index (χ2n) is 12.1. The molecule has 0 aliphatic rings. The number of sulfone groups is 1. The summed E-state index contributed by atoms with van der Waals surface area (Å²) in [5.41, 5.74) is -2.74. The molecule has 0 heterocycles. The fourth-order valence-corrected chi connectivity index (χ4v) is 9.11. The lowest BCUT2D eigenvalue weighted by Gasteiger charge is -2.16. The van der Waals surface area contributed by atoms with E-state index < -0.39 is 127 Å². The molecule has 5 aromatic rings. The number of azo groups is 2. The molecular formula is C30H27N5O20S6. The van der Waals surface area contributed by atoms with Gasteiger partial charge in [0.1, 0.15) is 38.4 Å². The molecule has 5 aromatic carbocycles. The number of nitrogens with one attached hydrogen (secondary N) is 1. The van der Waals surface area contributed by atoms with Gasteiger partial charge in [-0.3, -0.25) is 22.8 Å². The van der Waals surface area contributed by atoms with E-state index in [9.17, 15) is 73.8 Å². The van der Waals surface area contributed by atoms with Crippen LogP contribution < -0.4 is 10.1 Å². The highest BCUT2D eigenvalue weighted by atomic mass is 32.3. The van der Waals surface area contributed by atoms with E-state index in [1.807, 2.05) is 0 Å². The standard InChI is InChI=1S/C30H27N5O20S6/c1-54-30-20-6-9-23(31-15-57(39,40)41)27(34-32-22-8-4-17(13-25(22)59(45,46)47)56(37,38)11-10-55-61(51,52)53)21(20)14-26(60(48,49)50)28(30)35-33-24-7-2-16-12-18(58(42,43)44)3-5-19(16)29(24)36/h2-9,12-14,31,36H,10-11,15H2,1H3,(H,39,40,41)(H,42,43,44)(H,45,46,47)(H,48,49,50)(H,51,52,53). The number of methoxy groups -OCH3 is 1. The van der Waals surface area contributed by atoms with Crippen molar-refractivity contribution in [3.63, 3.8) is 0 Å². The number of benzene rings is 5. The first-order chi connectivity index (χ1) is 28.0. The van der Waals surface area contributed by atoms with E-state index >= 15 is 0 Å². The van der Waals surface area contributed by atoms with E-state index in [1.165, 1.54) is 12.1 Å². The van der Waals surface area contributed by atoms with Crippen molar-refractivity contribution < 1.29 is 87.3 Å². The Hall–Kier alpha value is -5.32. The van der Waals surface area contributed by atoms with E-state index in [4.69, 9.17) is 9.29 Å². The highest BCUT2D eigenvalue weighted by molar-refractivity contribution is 7.91. The van der Waals surface area contributed by atoms with Crippen LogP contribution >= 0.6 is 0 Å². The maximum Gasteiger partial charge on any atom is 0.397 e. The maximum absolute atomic E-state index is 12.9. The summed E-state index contributed by atoms with van der Waals surface area (Å²) in [7, 11) is -28.7. The van der Waals surface area contributed by atoms with Crippen LogP contribution in [0.1, 0.15) is 0 Å². The summed E-state index contributed by atoms with van der Waals surface area (Å²) < 4.78 is 201. The van der Waals surface area contributed by atoms with Gasteiger partial charge in [-0.25, -0.2) is 12.6 Å². The van der Waals surface area contributed by atoms with Gasteiger partial charge >= 0.3 is 10.4 Å². The van der Waals surface area contributed by atoms with Crippen molar-refractivity contribution in [2.75, 3.05) is 30.7 Å². The largest absolute Gasteiger partial charge is 0.505 e. The van der Waals surface area contributed by atoms with Crippen molar-refractivity contribution in [3.05, 3.63) is 66.7 Å². The molecule has 0 aliphatic heterocycles. The zero-order chi connectivity index (χ0) is 45.5. The smallest absolute Gasteiger partial charge is 0.397 e. The average Bonchev–Trinajstić information content (AvgIpc) is 3.13. The van der Waals surface area contributed by atoms with Gasteiger partial charge in [-0.2, -0.15) is 42.1 Å². The molecule has 0 fully saturated rings. The number of nitrogens with zero attached hydrogens (tertiary/aromatic N) is 4. The van der Waals surface area contributed by atoms with E-state index in [0.717, 1.165) is 55.6 Å². The Kier molecular flexibility index (Phi) is 12.9. The quantitative estimate of drug-likeness (QED) is 0.0540. The van der Waals surface area contributed by atoms with Gasteiger partial charge in [-0.05, 0) is 66.0 Å². The van der Waals surface area contributed by atoms with Crippen LogP contribution in [0.5, 0.6) is 11.5 Å². The Labute approximate surface area is 345 Å². The number of aromatic hydroxyl groups is 1. The molecule has 0 unspecified atom stereocenters. The molecule has 61 heavy (non-hydrogen) atoms. The van der Waals surface area contributed by atoms with Gasteiger partial charge in [0.15, 0.2) is 21.3 Å². The van der Waals surface area contributed by atoms with Crippen LogP contribution in [0.25, 0.3) is 21.5 Å². The molecule has 0 saturated heterocycles. The molecule has 0 aromatic heterocycles. The van der Waals surface area contributed by atoms with Crippen molar-refractivity contribution in [1.82, 2.24) is 0 Å². The molecule has 7 N–H and O–H groups in total. The Morgan fingerprint density at radius 3 is 1.77 bits per heavy atom. The number of phenols is 1. The normalized spacial score (nSPS) is 13.4. The molecule has 328 valence electrons. The average molecular weight is 970 g/mol. The number of ether oxygens (including phenoxy) is 1. The Bertz CT molecular complexity index is 3380. The molecule has 0 amide bonds. The minimum Gasteiger partial charge on any atom is -0.505 e. The summed E-state index contributed by atoms with van der Waals surface area (Å²) >= 11 is 0. The van der Waals surface area contributed by atoms with Crippen LogP contribution in [0, 0.1) is 0 Å². The van der Waals surface area contributed by atoms with Crippen molar-refractivity contribution in [3.8, 4) is 11.5 Å². The molecule has 31 heteroatoms. The summed E-state index contributed by atoms with van der Waals surface area (Å²) in [6, 6.07) is 10.5. The van der Waals surface area contributed by atoms with Gasteiger partial charge in [0.05, 0.1) is 34.9 Å². The fourth-order valence-electron chi connectivity index (χ4n) is 5.38. The SMILES string of the molecule is COc1c(N=Nc2ccc3cc(S(=O)(=O)O)ccc3c2O)c(S(=O)(=O)O)cc2c(N=Nc3ccc(S(=O)(=O)CCOS(=O)(=O)O)cc3S(=O)(=O)O)c(NCS(=O)(=O)O)ccc12. The van der Waals surface area contributed by atoms with Crippen LogP contribution in [0.3, 0.4) is 0 Å². The first-order valence-corrected chi connectivity index (χ1v) is 24.8. The third-order valence-corrected chi connectivity index (χ3v) is 13.3. The number of anilines is 1. The highest BCUT2D eigenvalue weighted by Crippen LogP contribution is 2.48. The number of phenolic OH excluding ortho intramolecular Hbond substituents is 1. The predicted molar refractivity (Wildman–Crippen MR) is 210 cm³/mol. The van der Waals surface area contributed by atoms with E-state index in [0.29, 0.717) is 6.07 Å². The highest BCUT2D eigenvalue weighted by Gasteiger charge is 2.27. The molecule has 0 radical (unpaired) electrons. The maximum atomic E-state index is 12.9. The number of hydrogen-bond donors (Lipinski definition) is 7. The second kappa shape index (κ2) is 16.9.